The second-order valence-corrected chi connectivity index (χ2v) is 6.08. The number of aliphatic imine (C=N–C) groups is 1. The number of nitrogens with one attached hydrogen (secondary N) is 1. The van der Waals surface area contributed by atoms with E-state index >= 15 is 0 Å². The van der Waals surface area contributed by atoms with Crippen LogP contribution in [0.15, 0.2) is 4.99 Å². The Balaban J connectivity index is 0. The van der Waals surface area contributed by atoms with Gasteiger partial charge in [0.05, 0.1) is 52.9 Å². The Morgan fingerprint density at radius 2 is 1.34 bits per heavy atom. The monoisotopic (exact) mass is 418 g/mol. The number of nitrogens with zero attached hydrogens (tertiary/aromatic N) is 1. The van der Waals surface area contributed by atoms with Crippen molar-refractivity contribution in [2.75, 3.05) is 65.9 Å². The Bertz CT molecular complexity index is 341. The molecule has 0 radical (unpaired) electrons. The van der Waals surface area contributed by atoms with E-state index in [9.17, 15) is 4.79 Å². The molecule has 0 unspecified atom stereocenters. The maximum atomic E-state index is 11.5. The highest BCUT2D eigenvalue weighted by atomic mass is 16.6. The number of carbonyl (C=O) groups is 1. The Hall–Kier alpha value is -1.02. The Morgan fingerprint density at radius 3 is 1.90 bits per heavy atom. The highest BCUT2D eigenvalue weighted by molar-refractivity contribution is 5.75. The van der Waals surface area contributed by atoms with Crippen LogP contribution in [-0.2, 0) is 23.7 Å². The Labute approximate surface area is 178 Å². The molecular weight excluding hydrogens is 372 g/mol. The van der Waals surface area contributed by atoms with Gasteiger partial charge < -0.3 is 24.3 Å². The molecule has 0 aliphatic carbocycles. The van der Waals surface area contributed by atoms with Gasteiger partial charge in [-0.3, -0.25) is 9.79 Å². The number of ether oxygens (including phenoxy) is 4. The minimum atomic E-state index is 0.112. The Morgan fingerprint density at radius 1 is 0.793 bits per heavy atom. The van der Waals surface area contributed by atoms with Crippen LogP contribution in [0.1, 0.15) is 66.2 Å². The van der Waals surface area contributed by atoms with Crippen molar-refractivity contribution in [1.82, 2.24) is 5.32 Å². The van der Waals surface area contributed by atoms with E-state index < -0.39 is 0 Å². The van der Waals surface area contributed by atoms with Crippen molar-refractivity contribution in [3.63, 3.8) is 0 Å². The predicted octanol–water partition coefficient (Wildman–Crippen LogP) is 3.65. The summed E-state index contributed by atoms with van der Waals surface area (Å²) < 4.78 is 21.6. The molecule has 0 spiro atoms. The van der Waals surface area contributed by atoms with Gasteiger partial charge in [0, 0.05) is 32.1 Å². The Kier molecular flexibility index (Phi) is 30.4. The molecule has 0 bridgehead atoms. The summed E-state index contributed by atoms with van der Waals surface area (Å²) >= 11 is 0. The van der Waals surface area contributed by atoms with Crippen LogP contribution in [0.3, 0.4) is 0 Å². The fraction of sp³-hybridized carbons (Fsp3) is 0.909. The van der Waals surface area contributed by atoms with Crippen LogP contribution in [0.5, 0.6) is 0 Å². The zero-order valence-corrected chi connectivity index (χ0v) is 19.4. The van der Waals surface area contributed by atoms with E-state index in [-0.39, 0.29) is 5.91 Å². The topological polar surface area (TPSA) is 78.4 Å². The van der Waals surface area contributed by atoms with Crippen molar-refractivity contribution in [2.24, 2.45) is 4.99 Å². The third-order valence-corrected chi connectivity index (χ3v) is 3.64. The van der Waals surface area contributed by atoms with Gasteiger partial charge in [-0.1, -0.05) is 40.0 Å². The smallest absolute Gasteiger partial charge is 0.220 e. The van der Waals surface area contributed by atoms with Crippen LogP contribution in [-0.4, -0.2) is 78.1 Å². The predicted molar refractivity (Wildman–Crippen MR) is 120 cm³/mol. The summed E-state index contributed by atoms with van der Waals surface area (Å²) in [6.45, 7) is 14.1. The zero-order valence-electron chi connectivity index (χ0n) is 19.4. The lowest BCUT2D eigenvalue weighted by atomic mass is 10.1. The number of hydrogen-bond donors (Lipinski definition) is 1. The minimum Gasteiger partial charge on any atom is -0.379 e. The molecule has 7 heteroatoms. The zero-order chi connectivity index (χ0) is 21.8. The molecule has 174 valence electrons. The average Bonchev–Trinajstić information content (AvgIpc) is 2.75. The van der Waals surface area contributed by atoms with Crippen LogP contribution in [0.4, 0.5) is 0 Å². The molecule has 1 N–H and O–H groups in total. The van der Waals surface area contributed by atoms with Gasteiger partial charge in [0.15, 0.2) is 0 Å². The van der Waals surface area contributed by atoms with Gasteiger partial charge in [-0.25, -0.2) is 0 Å². The van der Waals surface area contributed by atoms with Crippen LogP contribution in [0.25, 0.3) is 0 Å². The molecule has 0 rings (SSSR count). The summed E-state index contributed by atoms with van der Waals surface area (Å²) in [4.78, 5) is 15.7. The minimum absolute atomic E-state index is 0.112. The molecular formula is C22H46N2O5. The van der Waals surface area contributed by atoms with Crippen molar-refractivity contribution >= 4 is 12.1 Å². The highest BCUT2D eigenvalue weighted by Crippen LogP contribution is 2.01. The molecule has 0 saturated heterocycles. The van der Waals surface area contributed by atoms with E-state index in [1.54, 1.807) is 0 Å². The third kappa shape index (κ3) is 29.3. The van der Waals surface area contributed by atoms with Gasteiger partial charge in [0.2, 0.25) is 5.91 Å². The first-order valence-corrected chi connectivity index (χ1v) is 11.4. The van der Waals surface area contributed by atoms with Gasteiger partial charge in [-0.05, 0) is 13.3 Å². The van der Waals surface area contributed by atoms with Crippen molar-refractivity contribution in [3.8, 4) is 0 Å². The van der Waals surface area contributed by atoms with E-state index in [0.29, 0.717) is 65.8 Å². The fourth-order valence-corrected chi connectivity index (χ4v) is 2.18. The molecule has 0 atom stereocenters. The summed E-state index contributed by atoms with van der Waals surface area (Å²) in [5, 5.41) is 2.87. The molecule has 0 aromatic rings. The molecule has 0 aliphatic rings. The van der Waals surface area contributed by atoms with Crippen LogP contribution < -0.4 is 5.32 Å². The van der Waals surface area contributed by atoms with Gasteiger partial charge in [0.1, 0.15) is 0 Å². The first-order chi connectivity index (χ1) is 14.3. The van der Waals surface area contributed by atoms with Gasteiger partial charge in [-0.15, -0.1) is 0 Å². The molecule has 0 aromatic heterocycles. The third-order valence-electron chi connectivity index (χ3n) is 3.64. The van der Waals surface area contributed by atoms with Crippen molar-refractivity contribution in [2.45, 2.75) is 66.2 Å². The number of rotatable bonds is 21. The van der Waals surface area contributed by atoms with Crippen molar-refractivity contribution in [3.05, 3.63) is 0 Å². The van der Waals surface area contributed by atoms with Crippen molar-refractivity contribution in [1.29, 1.82) is 0 Å². The lowest BCUT2D eigenvalue weighted by Gasteiger charge is -2.08. The molecule has 29 heavy (non-hydrogen) atoms. The largest absolute Gasteiger partial charge is 0.379 e. The molecule has 0 heterocycles. The molecule has 7 nitrogen and oxygen atoms in total. The molecule has 0 fully saturated rings. The average molecular weight is 419 g/mol. The van der Waals surface area contributed by atoms with E-state index in [4.69, 9.17) is 18.9 Å². The summed E-state index contributed by atoms with van der Waals surface area (Å²) in [7, 11) is 0. The summed E-state index contributed by atoms with van der Waals surface area (Å²) in [5.74, 6) is 0.112. The van der Waals surface area contributed by atoms with Gasteiger partial charge >= 0.3 is 0 Å². The van der Waals surface area contributed by atoms with Crippen LogP contribution in [0.2, 0.25) is 0 Å². The number of carbonyl (C=O) groups excluding carboxylic acids is 1. The second kappa shape index (κ2) is 29.2. The summed E-state index contributed by atoms with van der Waals surface area (Å²) in [6, 6.07) is 0. The van der Waals surface area contributed by atoms with Crippen LogP contribution >= 0.6 is 0 Å². The summed E-state index contributed by atoms with van der Waals surface area (Å²) in [6.07, 6.45) is 7.83. The first kappa shape index (κ1) is 30.2. The van der Waals surface area contributed by atoms with Crippen molar-refractivity contribution < 1.29 is 23.7 Å². The number of unbranched alkanes of at least 4 members (excludes halogenated alkanes) is 3. The lowest BCUT2D eigenvalue weighted by Crippen LogP contribution is -2.27. The maximum Gasteiger partial charge on any atom is 0.220 e. The molecule has 0 saturated carbocycles. The fourth-order valence-electron chi connectivity index (χ4n) is 2.18. The quantitative estimate of drug-likeness (QED) is 0.227. The first-order valence-electron chi connectivity index (χ1n) is 11.4. The SMILES string of the molecule is CC.CCCCCCC(=O)NCCOCCOCCOCCOCCC=NCC. The second-order valence-electron chi connectivity index (χ2n) is 6.08. The molecule has 0 aliphatic heterocycles. The molecule has 0 aromatic carbocycles. The van der Waals surface area contributed by atoms with E-state index in [1.807, 2.05) is 27.0 Å². The maximum absolute atomic E-state index is 11.5. The van der Waals surface area contributed by atoms with Gasteiger partial charge in [-0.2, -0.15) is 0 Å². The van der Waals surface area contributed by atoms with Gasteiger partial charge in [0.25, 0.3) is 0 Å². The van der Waals surface area contributed by atoms with E-state index in [2.05, 4.69) is 17.2 Å². The van der Waals surface area contributed by atoms with Crippen LogP contribution in [0, 0.1) is 0 Å². The normalized spacial score (nSPS) is 10.8. The molecule has 1 amide bonds. The number of hydrogen-bond acceptors (Lipinski definition) is 6. The standard InChI is InChI=1S/C20H40N2O5.C2H6/c1-3-5-6-7-9-20(23)22-11-13-25-15-17-27-19-18-26-16-14-24-12-8-10-21-4-2;1-2/h10H,3-9,11-19H2,1-2H3,(H,22,23);1-2H3. The summed E-state index contributed by atoms with van der Waals surface area (Å²) in [5.41, 5.74) is 0. The highest BCUT2D eigenvalue weighted by Gasteiger charge is 2.00. The van der Waals surface area contributed by atoms with E-state index in [0.717, 1.165) is 25.8 Å². The lowest BCUT2D eigenvalue weighted by molar-refractivity contribution is -0.121. The van der Waals surface area contributed by atoms with E-state index in [1.165, 1.54) is 12.8 Å². The number of amides is 1.